The zero-order valence-corrected chi connectivity index (χ0v) is 79.1. The number of hydrogen-bond acceptors (Lipinski definition) is 10. The first kappa shape index (κ1) is 92.0. The number of ketones is 3. The van der Waals surface area contributed by atoms with Crippen LogP contribution in [-0.2, 0) is 54.6 Å². The van der Waals surface area contributed by atoms with Crippen LogP contribution in [0.3, 0.4) is 0 Å². The largest absolute Gasteiger partial charge is 3.00 e. The van der Waals surface area contributed by atoms with Gasteiger partial charge in [0.2, 0.25) is 0 Å². The number of benzene rings is 8. The molecule has 8 aromatic heterocycles. The van der Waals surface area contributed by atoms with Crippen LogP contribution in [0, 0.1) is 18.2 Å². The number of carbonyl (C=O) groups excluding carboxylic acids is 3. The Balaban J connectivity index is 0.000000151. The summed E-state index contributed by atoms with van der Waals surface area (Å²) in [5.41, 5.74) is 15.3. The molecular formula is C99H102I3Ir2N8O6. The van der Waals surface area contributed by atoms with E-state index in [0.29, 0.717) is 23.7 Å². The molecule has 613 valence electrons. The number of carbonyl (C=O) groups is 3. The molecule has 0 bridgehead atoms. The Bertz CT molecular complexity index is 5490. The molecule has 1 radical (unpaired) electrons. The van der Waals surface area contributed by atoms with Crippen molar-refractivity contribution in [1.29, 1.82) is 0 Å². The van der Waals surface area contributed by atoms with Gasteiger partial charge < -0.3 is 28.5 Å². The van der Waals surface area contributed by atoms with Gasteiger partial charge in [-0.15, -0.1) is 113 Å². The number of aliphatic hydroxyl groups excluding tert-OH is 3. The SMILES string of the molecule is CC(=O)C=C(C)O.CC(=O)C=C(C)O.CC(=O)C=C(C)O.I.II.[Ir+3].[Ir].[c-]1cccc2c1c1nccn1c1cccc(C3CCCCC3)c21.[c-]1cccc2c1c1nccn1c1cccc(C3CCCCC3)c21.[c-]1cccc2c1c1nccn1c1cccc(C3CCCCC3)c21.c1ccc2c(c1)c1c(C3CCCCC3)cccc1n1ccnc21. The van der Waals surface area contributed by atoms with E-state index in [1.54, 1.807) is 0 Å². The normalized spacial score (nSPS) is 15.0. The van der Waals surface area contributed by atoms with Gasteiger partial charge in [0.1, 0.15) is 5.65 Å². The van der Waals surface area contributed by atoms with Crippen LogP contribution in [0.25, 0.3) is 109 Å². The number of fused-ring (bicyclic) bond motifs is 24. The number of aliphatic hydroxyl groups is 3. The van der Waals surface area contributed by atoms with E-state index in [2.05, 4.69) is 251 Å². The van der Waals surface area contributed by atoms with Crippen LogP contribution in [0.1, 0.15) is 216 Å². The minimum atomic E-state index is -0.125. The first-order valence-electron chi connectivity index (χ1n) is 40.7. The molecule has 118 heavy (non-hydrogen) atoms. The Morgan fingerprint density at radius 3 is 0.831 bits per heavy atom. The van der Waals surface area contributed by atoms with Crippen LogP contribution in [-0.4, -0.2) is 70.2 Å². The first-order valence-corrected chi connectivity index (χ1v) is 47.0. The van der Waals surface area contributed by atoms with Crippen molar-refractivity contribution in [3.05, 3.63) is 277 Å². The van der Waals surface area contributed by atoms with E-state index in [-0.39, 0.29) is 98.8 Å². The predicted octanol–water partition coefficient (Wildman–Crippen LogP) is 27.7. The zero-order valence-electron chi connectivity index (χ0n) is 67.7. The Kier molecular flexibility index (Phi) is 34.6. The minimum Gasteiger partial charge on any atom is -0.512 e. The Hall–Kier alpha value is -8.28. The van der Waals surface area contributed by atoms with Crippen molar-refractivity contribution in [3.8, 4) is 0 Å². The van der Waals surface area contributed by atoms with Gasteiger partial charge in [-0.05, 0) is 185 Å². The van der Waals surface area contributed by atoms with Gasteiger partial charge in [-0.25, -0.2) is 4.98 Å². The Morgan fingerprint density at radius 1 is 0.339 bits per heavy atom. The molecule has 0 atom stereocenters. The van der Waals surface area contributed by atoms with Gasteiger partial charge in [0.05, 0.1) is 39.7 Å². The smallest absolute Gasteiger partial charge is 0.512 e. The zero-order chi connectivity index (χ0) is 80.5. The van der Waals surface area contributed by atoms with Crippen molar-refractivity contribution in [1.82, 2.24) is 37.5 Å². The number of imidazole rings is 4. The maximum Gasteiger partial charge on any atom is 3.00 e. The van der Waals surface area contributed by atoms with Gasteiger partial charge in [-0.3, -0.25) is 33.7 Å². The van der Waals surface area contributed by atoms with E-state index >= 15 is 0 Å². The second kappa shape index (κ2) is 44.3. The molecule has 0 aliphatic heterocycles. The summed E-state index contributed by atoms with van der Waals surface area (Å²) in [6.45, 7) is 8.54. The number of nitrogens with zero attached hydrogens (tertiary/aromatic N) is 8. The third-order valence-electron chi connectivity index (χ3n) is 22.8. The van der Waals surface area contributed by atoms with E-state index in [1.807, 2.05) is 43.0 Å². The van der Waals surface area contributed by atoms with Gasteiger partial charge in [0.25, 0.3) is 0 Å². The molecule has 4 aliphatic rings. The fourth-order valence-corrected chi connectivity index (χ4v) is 18.2. The van der Waals surface area contributed by atoms with Crippen LogP contribution in [0.5, 0.6) is 0 Å². The van der Waals surface area contributed by atoms with E-state index in [0.717, 1.165) is 38.7 Å². The van der Waals surface area contributed by atoms with Crippen molar-refractivity contribution in [2.45, 2.75) is 194 Å². The summed E-state index contributed by atoms with van der Waals surface area (Å²) in [4.78, 5) is 48.4. The molecule has 19 heteroatoms. The molecule has 8 aromatic carbocycles. The van der Waals surface area contributed by atoms with Crippen molar-refractivity contribution in [2.24, 2.45) is 0 Å². The summed E-state index contributed by atoms with van der Waals surface area (Å²) in [5, 5.41) is 40.6. The monoisotopic (exact) mass is 2270 g/mol. The van der Waals surface area contributed by atoms with Crippen LogP contribution in [0.2, 0.25) is 0 Å². The molecule has 4 aliphatic carbocycles. The molecule has 3 N–H and O–H groups in total. The van der Waals surface area contributed by atoms with E-state index in [1.165, 1.54) is 281 Å². The van der Waals surface area contributed by atoms with E-state index in [4.69, 9.17) is 15.3 Å². The summed E-state index contributed by atoms with van der Waals surface area (Å²) in [6, 6.07) is 65.1. The molecule has 0 saturated heterocycles. The van der Waals surface area contributed by atoms with Crippen LogP contribution >= 0.6 is 61.2 Å². The molecule has 0 unspecified atom stereocenters. The van der Waals surface area contributed by atoms with E-state index < -0.39 is 0 Å². The molecule has 4 fully saturated rings. The van der Waals surface area contributed by atoms with Crippen LogP contribution in [0.4, 0.5) is 0 Å². The molecule has 0 spiro atoms. The molecule has 4 saturated carbocycles. The first-order chi connectivity index (χ1) is 56.1. The maximum absolute atomic E-state index is 10.0. The number of pyridine rings is 4. The fraction of sp³-hybridized carbons (Fsp3) is 0.303. The van der Waals surface area contributed by atoms with Crippen molar-refractivity contribution in [3.63, 3.8) is 0 Å². The molecule has 16 aromatic rings. The topological polar surface area (TPSA) is 181 Å². The van der Waals surface area contributed by atoms with Crippen molar-refractivity contribution in [2.75, 3.05) is 0 Å². The van der Waals surface area contributed by atoms with Crippen molar-refractivity contribution >= 4 is 188 Å². The Labute approximate surface area is 758 Å². The van der Waals surface area contributed by atoms with Crippen LogP contribution in [0.15, 0.2) is 237 Å². The summed E-state index contributed by atoms with van der Waals surface area (Å²) in [5.74, 6) is 2.59. The summed E-state index contributed by atoms with van der Waals surface area (Å²) in [6.07, 6.45) is 46.4. The molecule has 14 nitrogen and oxygen atoms in total. The average Bonchev–Trinajstić information content (AvgIpc) is 1.66. The number of hydrogen-bond donors (Lipinski definition) is 3. The minimum absolute atomic E-state index is 0. The van der Waals surface area contributed by atoms with Gasteiger partial charge in [0, 0.05) is 152 Å². The Morgan fingerprint density at radius 2 is 0.576 bits per heavy atom. The summed E-state index contributed by atoms with van der Waals surface area (Å²) < 4.78 is 8.92. The predicted molar refractivity (Wildman–Crippen MR) is 505 cm³/mol. The molecule has 20 rings (SSSR count). The second-order valence-electron chi connectivity index (χ2n) is 30.9. The molecule has 0 amide bonds. The number of halogens is 3. The third kappa shape index (κ3) is 21.3. The standard InChI is InChI=1S/C21H20N2.3C21H19N2.3C5H8O2.I2.HI.2Ir/c4*1-2-7-15(8-3-1)16-11-6-12-19-20(16)17-9-4-5-10-18(17)21-22-13-14-23(19)21;3*1-4(6)3-5(2)7;1-2;;;/h4-6,9-15H,1-3,7-8H2;3*4-6,9,11-15H,1-3,7-8H2;3*3,6H,1-2H3;;1H;;/q;3*-1;;;;;;;+3. The molecule has 8 heterocycles. The van der Waals surface area contributed by atoms with E-state index in [9.17, 15) is 14.4 Å². The summed E-state index contributed by atoms with van der Waals surface area (Å²) >= 11 is 4.24. The summed E-state index contributed by atoms with van der Waals surface area (Å²) in [7, 11) is 0. The third-order valence-corrected chi connectivity index (χ3v) is 22.8. The van der Waals surface area contributed by atoms with Gasteiger partial charge in [0.15, 0.2) is 17.3 Å². The van der Waals surface area contributed by atoms with Crippen molar-refractivity contribution < 1.29 is 69.9 Å². The van der Waals surface area contributed by atoms with Crippen LogP contribution < -0.4 is 0 Å². The van der Waals surface area contributed by atoms with Gasteiger partial charge >= 0.3 is 20.1 Å². The maximum atomic E-state index is 10.0. The average molecular weight is 2270 g/mol. The quantitative estimate of drug-likeness (QED) is 0.0457. The van der Waals surface area contributed by atoms with Gasteiger partial charge in [-0.2, -0.15) is 0 Å². The number of aromatic nitrogens is 8. The fourth-order valence-electron chi connectivity index (χ4n) is 18.2. The van der Waals surface area contributed by atoms with Gasteiger partial charge in [-0.1, -0.05) is 166 Å². The second-order valence-corrected chi connectivity index (χ2v) is 30.9. The number of allylic oxidation sites excluding steroid dienone is 6. The number of rotatable bonds is 7. The molecular weight excluding hydrogens is 2160 g/mol.